The number of imidazole rings is 1. The third-order valence-corrected chi connectivity index (χ3v) is 7.11. The molecular weight excluding hydrogens is 460 g/mol. The Morgan fingerprint density at radius 3 is 2.83 bits per heavy atom. The Labute approximate surface area is 207 Å². The average molecular weight is 483 g/mol. The van der Waals surface area contributed by atoms with Crippen molar-refractivity contribution >= 4 is 11.6 Å². The van der Waals surface area contributed by atoms with E-state index in [-0.39, 0.29) is 6.04 Å². The molecule has 0 aliphatic carbocycles. The van der Waals surface area contributed by atoms with Crippen LogP contribution in [0.15, 0.2) is 73.4 Å². The lowest BCUT2D eigenvalue weighted by Crippen LogP contribution is -2.09. The summed E-state index contributed by atoms with van der Waals surface area (Å²) in [6.45, 7) is 2.20. The largest absolute Gasteiger partial charge is 0.379 e. The second-order valence-corrected chi connectivity index (χ2v) is 9.60. The maximum Gasteiger partial charge on any atom is 0.100 e. The molecule has 2 aliphatic rings. The Bertz CT molecular complexity index is 1530. The lowest BCUT2D eigenvalue weighted by Gasteiger charge is -2.11. The van der Waals surface area contributed by atoms with Crippen molar-refractivity contribution in [3.63, 3.8) is 0 Å². The summed E-state index contributed by atoms with van der Waals surface area (Å²) in [5.41, 5.74) is 8.47. The molecule has 1 unspecified atom stereocenters. The summed E-state index contributed by atoms with van der Waals surface area (Å²) in [5, 5.41) is 10.3. The zero-order valence-electron chi connectivity index (χ0n) is 19.0. The number of aromatic nitrogens is 6. The van der Waals surface area contributed by atoms with Gasteiger partial charge in [-0.05, 0) is 30.2 Å². The molecule has 0 spiro atoms. The lowest BCUT2D eigenvalue weighted by molar-refractivity contribution is 0.184. The van der Waals surface area contributed by atoms with E-state index < -0.39 is 0 Å². The predicted octanol–water partition coefficient (Wildman–Crippen LogP) is 5.17. The van der Waals surface area contributed by atoms with Crippen molar-refractivity contribution in [2.45, 2.75) is 25.4 Å². The highest BCUT2D eigenvalue weighted by Crippen LogP contribution is 2.39. The van der Waals surface area contributed by atoms with Gasteiger partial charge < -0.3 is 9.30 Å². The van der Waals surface area contributed by atoms with Crippen LogP contribution in [-0.4, -0.2) is 42.3 Å². The molecule has 2 aliphatic heterocycles. The fraction of sp³-hybridized carbons (Fsp3) is 0.222. The molecule has 0 saturated carbocycles. The number of hydrogen-bond donors (Lipinski definition) is 0. The maximum absolute atomic E-state index is 6.44. The van der Waals surface area contributed by atoms with E-state index >= 15 is 0 Å². The summed E-state index contributed by atoms with van der Waals surface area (Å²) in [5.74, 6) is 0. The topological polar surface area (TPSA) is 62.7 Å². The van der Waals surface area contributed by atoms with Crippen LogP contribution < -0.4 is 0 Å². The molecule has 3 aromatic heterocycles. The van der Waals surface area contributed by atoms with Crippen LogP contribution in [0.2, 0.25) is 5.02 Å². The molecule has 0 bridgehead atoms. The van der Waals surface area contributed by atoms with Gasteiger partial charge in [0, 0.05) is 47.1 Å². The summed E-state index contributed by atoms with van der Waals surface area (Å²) in [4.78, 5) is 4.84. The van der Waals surface area contributed by atoms with Crippen LogP contribution in [0, 0.1) is 0 Å². The van der Waals surface area contributed by atoms with Crippen molar-refractivity contribution in [3.05, 3.63) is 95.3 Å². The van der Waals surface area contributed by atoms with Crippen LogP contribution in [0.4, 0.5) is 0 Å². The van der Waals surface area contributed by atoms with Gasteiger partial charge in [0.1, 0.15) is 6.33 Å². The first-order valence-corrected chi connectivity index (χ1v) is 12.2. The van der Waals surface area contributed by atoms with Crippen molar-refractivity contribution < 1.29 is 4.74 Å². The molecular formula is C27H23ClN6O. The monoisotopic (exact) mass is 482 g/mol. The molecule has 1 saturated heterocycles. The van der Waals surface area contributed by atoms with E-state index in [1.807, 2.05) is 47.5 Å². The van der Waals surface area contributed by atoms with Crippen LogP contribution in [-0.2, 0) is 17.7 Å². The summed E-state index contributed by atoms with van der Waals surface area (Å²) in [6, 6.07) is 16.6. The van der Waals surface area contributed by atoms with E-state index in [0.29, 0.717) is 18.1 Å². The molecule has 5 heterocycles. The number of hydrogen-bond acceptors (Lipinski definition) is 4. The van der Waals surface area contributed by atoms with Crippen molar-refractivity contribution in [2.24, 2.45) is 0 Å². The normalized spacial score (nSPS) is 16.5. The molecule has 7 rings (SSSR count). The highest BCUT2D eigenvalue weighted by atomic mass is 35.5. The summed E-state index contributed by atoms with van der Waals surface area (Å²) >= 11 is 6.44. The minimum absolute atomic E-state index is 0.269. The zero-order valence-corrected chi connectivity index (χ0v) is 19.8. The van der Waals surface area contributed by atoms with E-state index in [2.05, 4.69) is 44.9 Å². The molecule has 8 heteroatoms. The molecule has 2 aromatic carbocycles. The number of fused-ring (bicyclic) bond motifs is 5. The second kappa shape index (κ2) is 8.22. The van der Waals surface area contributed by atoms with Crippen LogP contribution in [0.3, 0.4) is 0 Å². The van der Waals surface area contributed by atoms with E-state index in [1.54, 1.807) is 0 Å². The minimum Gasteiger partial charge on any atom is -0.379 e. The molecule has 5 aromatic rings. The number of rotatable bonds is 4. The van der Waals surface area contributed by atoms with Crippen molar-refractivity contribution in [3.8, 4) is 28.2 Å². The first kappa shape index (κ1) is 20.7. The second-order valence-electron chi connectivity index (χ2n) is 9.16. The molecule has 0 N–H and O–H groups in total. The highest BCUT2D eigenvalue weighted by Gasteiger charge is 2.28. The van der Waals surface area contributed by atoms with Gasteiger partial charge in [0.25, 0.3) is 0 Å². The Hall–Kier alpha value is -3.68. The fourth-order valence-corrected chi connectivity index (χ4v) is 5.30. The van der Waals surface area contributed by atoms with Gasteiger partial charge in [-0.15, -0.1) is 0 Å². The molecule has 35 heavy (non-hydrogen) atoms. The maximum atomic E-state index is 6.44. The van der Waals surface area contributed by atoms with E-state index in [4.69, 9.17) is 26.4 Å². The summed E-state index contributed by atoms with van der Waals surface area (Å²) in [7, 11) is 0. The van der Waals surface area contributed by atoms with Gasteiger partial charge in [0.15, 0.2) is 0 Å². The minimum atomic E-state index is 0.269. The van der Waals surface area contributed by atoms with Crippen molar-refractivity contribution in [2.75, 3.05) is 13.2 Å². The van der Waals surface area contributed by atoms with Gasteiger partial charge in [-0.3, -0.25) is 9.36 Å². The first-order chi connectivity index (χ1) is 17.2. The zero-order chi connectivity index (χ0) is 23.4. The third kappa shape index (κ3) is 3.59. The highest BCUT2D eigenvalue weighted by molar-refractivity contribution is 6.31. The Balaban J connectivity index is 1.32. The molecule has 7 nitrogen and oxygen atoms in total. The average Bonchev–Trinajstić information content (AvgIpc) is 3.67. The Morgan fingerprint density at radius 1 is 1.06 bits per heavy atom. The standard InChI is InChI=1S/C27H23ClN6O/c28-21-6-7-24-23(11-21)26-19(15-34(31-26)22-8-9-35-16-22)10-25-27(29-17-33(24)25)20-12-30-32(14-20)13-18-4-2-1-3-5-18/h1-7,11-12,14-15,17,22H,8-10,13,16H2. The molecule has 0 radical (unpaired) electrons. The van der Waals surface area contributed by atoms with Gasteiger partial charge in [0.05, 0.1) is 48.2 Å². The third-order valence-electron chi connectivity index (χ3n) is 6.88. The number of benzene rings is 2. The predicted molar refractivity (Wildman–Crippen MR) is 134 cm³/mol. The Kier molecular flexibility index (Phi) is 4.85. The molecule has 1 fully saturated rings. The van der Waals surface area contributed by atoms with Crippen LogP contribution >= 0.6 is 11.6 Å². The lowest BCUT2D eigenvalue weighted by atomic mass is 10.0. The Morgan fingerprint density at radius 2 is 1.97 bits per heavy atom. The SMILES string of the molecule is Clc1ccc2c(c1)-c1nn(C3CCOC3)cc1Cc1c(-c3cnn(Cc4ccccc4)c3)ncn1-2. The molecule has 1 atom stereocenters. The molecule has 0 amide bonds. The molecule has 174 valence electrons. The number of nitrogens with zero attached hydrogens (tertiary/aromatic N) is 6. The van der Waals surface area contributed by atoms with E-state index in [0.717, 1.165) is 59.0 Å². The van der Waals surface area contributed by atoms with Gasteiger partial charge >= 0.3 is 0 Å². The van der Waals surface area contributed by atoms with Gasteiger partial charge in [-0.2, -0.15) is 10.2 Å². The first-order valence-electron chi connectivity index (χ1n) is 11.8. The quantitative estimate of drug-likeness (QED) is 0.348. The fourth-order valence-electron chi connectivity index (χ4n) is 5.13. The summed E-state index contributed by atoms with van der Waals surface area (Å²) in [6.07, 6.45) is 9.74. The smallest absolute Gasteiger partial charge is 0.100 e. The van der Waals surface area contributed by atoms with Crippen molar-refractivity contribution in [1.29, 1.82) is 0 Å². The van der Waals surface area contributed by atoms with Gasteiger partial charge in [0.2, 0.25) is 0 Å². The van der Waals surface area contributed by atoms with E-state index in [1.165, 1.54) is 5.56 Å². The van der Waals surface area contributed by atoms with Crippen LogP contribution in [0.25, 0.3) is 28.2 Å². The van der Waals surface area contributed by atoms with Crippen molar-refractivity contribution in [1.82, 2.24) is 29.1 Å². The number of halogens is 1. The van der Waals surface area contributed by atoms with E-state index in [9.17, 15) is 0 Å². The van der Waals surface area contributed by atoms with Gasteiger partial charge in [-0.1, -0.05) is 41.9 Å². The number of ether oxygens (including phenoxy) is 1. The van der Waals surface area contributed by atoms with Gasteiger partial charge in [-0.25, -0.2) is 4.98 Å². The van der Waals surface area contributed by atoms with Crippen LogP contribution in [0.1, 0.15) is 29.3 Å². The van der Waals surface area contributed by atoms with Crippen LogP contribution in [0.5, 0.6) is 0 Å². The summed E-state index contributed by atoms with van der Waals surface area (Å²) < 4.78 is 11.8.